The van der Waals surface area contributed by atoms with Gasteiger partial charge in [-0.25, -0.2) is 0 Å². The van der Waals surface area contributed by atoms with Crippen molar-refractivity contribution < 1.29 is 0 Å². The predicted molar refractivity (Wildman–Crippen MR) is 120 cm³/mol. The molecule has 146 valence electrons. The van der Waals surface area contributed by atoms with Crippen LogP contribution in [0.4, 0.5) is 0 Å². The van der Waals surface area contributed by atoms with Gasteiger partial charge in [0.15, 0.2) is 0 Å². The Balaban J connectivity index is 2.48. The van der Waals surface area contributed by atoms with Crippen molar-refractivity contribution in [2.75, 3.05) is 0 Å². The minimum absolute atomic E-state index is 0.707. The first-order valence-electron chi connectivity index (χ1n) is 11.3. The molecule has 1 heteroatoms. The first-order chi connectivity index (χ1) is 12.8. The van der Waals surface area contributed by atoms with Gasteiger partial charge in [0, 0.05) is 10.8 Å². The number of rotatable bonds is 13. The van der Waals surface area contributed by atoms with E-state index >= 15 is 0 Å². The Labute approximate surface area is 166 Å². The molecule has 1 aromatic rings. The molecule has 0 radical (unpaired) electrons. The number of unbranched alkanes of at least 4 members (excludes halogenated alkanes) is 4. The lowest BCUT2D eigenvalue weighted by Crippen LogP contribution is -2.04. The smallest absolute Gasteiger partial charge is 0.0311 e. The van der Waals surface area contributed by atoms with Gasteiger partial charge in [0.05, 0.1) is 0 Å². The minimum atomic E-state index is 0.707. The molecule has 2 rings (SSSR count). The second kappa shape index (κ2) is 11.8. The molecule has 26 heavy (non-hydrogen) atoms. The fourth-order valence-electron chi connectivity index (χ4n) is 4.43. The fourth-order valence-corrected chi connectivity index (χ4v) is 5.28. The van der Waals surface area contributed by atoms with Gasteiger partial charge in [0.1, 0.15) is 0 Å². The lowest BCUT2D eigenvalue weighted by Gasteiger charge is -2.20. The molecule has 0 amide bonds. The first kappa shape index (κ1) is 21.5. The molecule has 1 atom stereocenters. The monoisotopic (exact) mass is 372 g/mol. The largest absolute Gasteiger partial charge is 0.144 e. The Morgan fingerprint density at radius 1 is 0.769 bits per heavy atom. The Bertz CT molecular complexity index is 573. The van der Waals surface area contributed by atoms with Crippen LogP contribution >= 0.6 is 11.3 Å². The molecule has 0 saturated heterocycles. The van der Waals surface area contributed by atoms with Crippen LogP contribution in [0, 0.1) is 5.92 Å². The normalized spacial score (nSPS) is 17.6. The van der Waals surface area contributed by atoms with Crippen molar-refractivity contribution in [3.63, 3.8) is 0 Å². The van der Waals surface area contributed by atoms with Crippen LogP contribution in [-0.4, -0.2) is 0 Å². The molecule has 1 unspecified atom stereocenters. The van der Waals surface area contributed by atoms with Crippen molar-refractivity contribution in [2.45, 2.75) is 105 Å². The summed E-state index contributed by atoms with van der Waals surface area (Å²) in [5, 5.41) is 2.27. The van der Waals surface area contributed by atoms with Gasteiger partial charge in [-0.3, -0.25) is 0 Å². The van der Waals surface area contributed by atoms with E-state index in [9.17, 15) is 0 Å². The van der Waals surface area contributed by atoms with Crippen molar-refractivity contribution in [3.8, 4) is 0 Å². The van der Waals surface area contributed by atoms with Gasteiger partial charge >= 0.3 is 0 Å². The topological polar surface area (TPSA) is 0 Å². The minimum Gasteiger partial charge on any atom is -0.144 e. The van der Waals surface area contributed by atoms with Crippen LogP contribution in [-0.2, 0) is 0 Å². The second-order valence-corrected chi connectivity index (χ2v) is 8.83. The zero-order chi connectivity index (χ0) is 18.8. The highest BCUT2D eigenvalue weighted by Crippen LogP contribution is 2.50. The van der Waals surface area contributed by atoms with Crippen LogP contribution in [0.2, 0.25) is 0 Å². The van der Waals surface area contributed by atoms with Crippen molar-refractivity contribution in [1.29, 1.82) is 0 Å². The van der Waals surface area contributed by atoms with Crippen LogP contribution in [0.15, 0.2) is 34.2 Å². The SMILES string of the molecule is CCCCC1=C(CCCC)C(CCCC)C(c2cccs2)=C1CCCC. The third-order valence-electron chi connectivity index (χ3n) is 5.84. The number of thiophene rings is 1. The van der Waals surface area contributed by atoms with Crippen molar-refractivity contribution in [3.05, 3.63) is 39.1 Å². The predicted octanol–water partition coefficient (Wildman–Crippen LogP) is 9.19. The maximum absolute atomic E-state index is 2.38. The Kier molecular flexibility index (Phi) is 9.75. The van der Waals surface area contributed by atoms with Gasteiger partial charge in [-0.2, -0.15) is 0 Å². The van der Waals surface area contributed by atoms with E-state index in [1.807, 2.05) is 16.9 Å². The van der Waals surface area contributed by atoms with E-state index in [0.29, 0.717) is 5.92 Å². The van der Waals surface area contributed by atoms with E-state index in [-0.39, 0.29) is 0 Å². The van der Waals surface area contributed by atoms with E-state index in [1.54, 1.807) is 21.6 Å². The van der Waals surface area contributed by atoms with Crippen molar-refractivity contribution >= 4 is 16.9 Å². The number of allylic oxidation sites excluding steroid dienone is 4. The van der Waals surface area contributed by atoms with Gasteiger partial charge in [0.25, 0.3) is 0 Å². The van der Waals surface area contributed by atoms with E-state index in [1.165, 1.54) is 77.0 Å². The van der Waals surface area contributed by atoms with E-state index in [4.69, 9.17) is 0 Å². The summed E-state index contributed by atoms with van der Waals surface area (Å²) in [6.07, 6.45) is 15.9. The van der Waals surface area contributed by atoms with E-state index in [0.717, 1.165) is 0 Å². The van der Waals surface area contributed by atoms with Crippen LogP contribution in [0.25, 0.3) is 5.57 Å². The maximum atomic E-state index is 2.38. The summed E-state index contributed by atoms with van der Waals surface area (Å²) in [7, 11) is 0. The van der Waals surface area contributed by atoms with E-state index in [2.05, 4.69) is 45.2 Å². The average Bonchev–Trinajstić information content (AvgIpc) is 3.27. The molecule has 0 aromatic carbocycles. The lowest BCUT2D eigenvalue weighted by atomic mass is 9.86. The summed E-state index contributed by atoms with van der Waals surface area (Å²) in [6, 6.07) is 4.63. The molecular formula is C25H40S. The number of hydrogen-bond donors (Lipinski definition) is 0. The Hall–Kier alpha value is -0.820. The Morgan fingerprint density at radius 2 is 1.38 bits per heavy atom. The zero-order valence-corrected chi connectivity index (χ0v) is 18.5. The van der Waals surface area contributed by atoms with Crippen molar-refractivity contribution in [1.82, 2.24) is 0 Å². The van der Waals surface area contributed by atoms with Crippen LogP contribution in [0.5, 0.6) is 0 Å². The molecule has 1 heterocycles. The maximum Gasteiger partial charge on any atom is 0.0311 e. The van der Waals surface area contributed by atoms with Gasteiger partial charge in [0.2, 0.25) is 0 Å². The summed E-state index contributed by atoms with van der Waals surface area (Å²) in [5.74, 6) is 0.707. The summed E-state index contributed by atoms with van der Waals surface area (Å²) < 4.78 is 0. The summed E-state index contributed by atoms with van der Waals surface area (Å²) >= 11 is 1.96. The Morgan fingerprint density at radius 3 is 1.96 bits per heavy atom. The van der Waals surface area contributed by atoms with Gasteiger partial charge in [-0.15, -0.1) is 11.3 Å². The zero-order valence-electron chi connectivity index (χ0n) is 17.7. The summed E-state index contributed by atoms with van der Waals surface area (Å²) in [5.41, 5.74) is 7.12. The van der Waals surface area contributed by atoms with Gasteiger partial charge in [-0.1, -0.05) is 71.4 Å². The van der Waals surface area contributed by atoms with Crippen LogP contribution in [0.3, 0.4) is 0 Å². The molecule has 0 aliphatic heterocycles. The molecule has 1 aliphatic carbocycles. The molecule has 1 aromatic heterocycles. The molecule has 0 N–H and O–H groups in total. The molecule has 0 spiro atoms. The molecule has 0 nitrogen and oxygen atoms in total. The molecule has 0 fully saturated rings. The molecule has 0 bridgehead atoms. The third-order valence-corrected chi connectivity index (χ3v) is 6.74. The quantitative estimate of drug-likeness (QED) is 0.323. The fraction of sp³-hybridized carbons (Fsp3) is 0.680. The van der Waals surface area contributed by atoms with Crippen LogP contribution < -0.4 is 0 Å². The highest BCUT2D eigenvalue weighted by atomic mass is 32.1. The number of hydrogen-bond acceptors (Lipinski definition) is 1. The molecular weight excluding hydrogens is 332 g/mol. The van der Waals surface area contributed by atoms with Crippen molar-refractivity contribution in [2.24, 2.45) is 5.92 Å². The summed E-state index contributed by atoms with van der Waals surface area (Å²) in [6.45, 7) is 9.36. The third kappa shape index (κ3) is 5.35. The molecule has 1 aliphatic rings. The highest BCUT2D eigenvalue weighted by molar-refractivity contribution is 7.11. The second-order valence-electron chi connectivity index (χ2n) is 7.88. The lowest BCUT2D eigenvalue weighted by molar-refractivity contribution is 0.600. The first-order valence-corrected chi connectivity index (χ1v) is 12.1. The molecule has 0 saturated carbocycles. The van der Waals surface area contributed by atoms with Gasteiger partial charge in [-0.05, 0) is 73.1 Å². The van der Waals surface area contributed by atoms with E-state index < -0.39 is 0 Å². The highest BCUT2D eigenvalue weighted by Gasteiger charge is 2.33. The standard InChI is InChI=1S/C25H40S/c1-5-9-14-20-21(15-10-6-2)23(17-12-8-4)25(22(20)16-11-7-3)24-18-13-19-26-24/h13,18-19,22H,5-12,14-17H2,1-4H3. The summed E-state index contributed by atoms with van der Waals surface area (Å²) in [4.78, 5) is 1.55. The van der Waals surface area contributed by atoms with Gasteiger partial charge < -0.3 is 0 Å². The average molecular weight is 373 g/mol. The van der Waals surface area contributed by atoms with Crippen LogP contribution in [0.1, 0.15) is 110 Å².